The predicted molar refractivity (Wildman–Crippen MR) is 65.9 cm³/mol. The second-order valence-corrected chi connectivity index (χ2v) is 4.04. The Morgan fingerprint density at radius 3 is 2.71 bits per heavy atom. The van der Waals surface area contributed by atoms with Gasteiger partial charge in [0.15, 0.2) is 5.78 Å². The van der Waals surface area contributed by atoms with Crippen molar-refractivity contribution in [1.82, 2.24) is 9.97 Å². The first-order chi connectivity index (χ1) is 8.25. The molecule has 0 N–H and O–H groups in total. The lowest BCUT2D eigenvalue weighted by Gasteiger charge is -2.02. The fourth-order valence-corrected chi connectivity index (χ4v) is 1.71. The Bertz CT molecular complexity index is 509. The van der Waals surface area contributed by atoms with Gasteiger partial charge in [-0.2, -0.15) is 0 Å². The first kappa shape index (κ1) is 11.5. The molecule has 0 radical (unpaired) electrons. The maximum atomic E-state index is 11.8. The van der Waals surface area contributed by atoms with Crippen LogP contribution >= 0.6 is 0 Å². The fourth-order valence-electron chi connectivity index (χ4n) is 1.71. The molecule has 0 aliphatic carbocycles. The van der Waals surface area contributed by atoms with Crippen LogP contribution in [0.4, 0.5) is 0 Å². The Hall–Kier alpha value is -2.03. The van der Waals surface area contributed by atoms with E-state index in [-0.39, 0.29) is 5.78 Å². The number of hydrogen-bond acceptors (Lipinski definition) is 3. The average molecular weight is 226 g/mol. The van der Waals surface area contributed by atoms with E-state index in [1.165, 1.54) is 17.5 Å². The molecule has 0 aliphatic heterocycles. The molecule has 2 aromatic rings. The molecule has 0 fully saturated rings. The number of ketones is 1. The number of Topliss-reactive ketones (excluding diaryl/α,β-unsaturated/α-hetero) is 1. The molecule has 0 atom stereocenters. The van der Waals surface area contributed by atoms with Gasteiger partial charge < -0.3 is 0 Å². The van der Waals surface area contributed by atoms with Crippen molar-refractivity contribution in [3.05, 3.63) is 59.7 Å². The largest absolute Gasteiger partial charge is 0.294 e. The van der Waals surface area contributed by atoms with E-state index in [0.29, 0.717) is 12.0 Å². The zero-order valence-electron chi connectivity index (χ0n) is 9.76. The van der Waals surface area contributed by atoms with Crippen LogP contribution in [0.15, 0.2) is 43.0 Å². The number of carbonyl (C=O) groups is 1. The first-order valence-electron chi connectivity index (χ1n) is 5.59. The van der Waals surface area contributed by atoms with Gasteiger partial charge >= 0.3 is 0 Å². The second-order valence-electron chi connectivity index (χ2n) is 4.04. The minimum Gasteiger partial charge on any atom is -0.294 e. The van der Waals surface area contributed by atoms with Crippen LogP contribution in [0.25, 0.3) is 0 Å². The van der Waals surface area contributed by atoms with E-state index < -0.39 is 0 Å². The molecule has 2 rings (SSSR count). The highest BCUT2D eigenvalue weighted by molar-refractivity contribution is 5.95. The summed E-state index contributed by atoms with van der Waals surface area (Å²) in [6, 6.07) is 8.22. The molecule has 0 saturated carbocycles. The van der Waals surface area contributed by atoms with Crippen molar-refractivity contribution in [2.75, 3.05) is 0 Å². The lowest BCUT2D eigenvalue weighted by atomic mass is 10.0. The first-order valence-corrected chi connectivity index (χ1v) is 5.59. The molecular formula is C14H14N2O. The summed E-state index contributed by atoms with van der Waals surface area (Å²) in [7, 11) is 0. The second kappa shape index (κ2) is 5.34. The Labute approximate surface area is 101 Å². The van der Waals surface area contributed by atoms with Crippen LogP contribution < -0.4 is 0 Å². The van der Waals surface area contributed by atoms with Gasteiger partial charge in [-0.05, 0) is 18.9 Å². The minimum atomic E-state index is 0.0899. The lowest BCUT2D eigenvalue weighted by molar-refractivity contribution is 0.0982. The van der Waals surface area contributed by atoms with Gasteiger partial charge in [0.1, 0.15) is 6.33 Å². The molecule has 1 aromatic carbocycles. The van der Waals surface area contributed by atoms with Gasteiger partial charge in [0.05, 0.1) is 5.56 Å². The molecule has 0 bridgehead atoms. The van der Waals surface area contributed by atoms with Gasteiger partial charge in [0.25, 0.3) is 0 Å². The lowest BCUT2D eigenvalue weighted by Crippen LogP contribution is -2.02. The van der Waals surface area contributed by atoms with Crippen molar-refractivity contribution in [3.63, 3.8) is 0 Å². The van der Waals surface area contributed by atoms with Crippen LogP contribution in [0.3, 0.4) is 0 Å². The predicted octanol–water partition coefficient (Wildman–Crippen LogP) is 2.60. The molecule has 3 nitrogen and oxygen atoms in total. The Morgan fingerprint density at radius 2 is 2.00 bits per heavy atom. The summed E-state index contributed by atoms with van der Waals surface area (Å²) in [5, 5.41) is 0. The van der Waals surface area contributed by atoms with Crippen molar-refractivity contribution in [2.24, 2.45) is 0 Å². The number of nitrogens with zero attached hydrogens (tertiary/aromatic N) is 2. The average Bonchev–Trinajstić information content (AvgIpc) is 2.37. The third-order valence-corrected chi connectivity index (χ3v) is 2.61. The topological polar surface area (TPSA) is 42.9 Å². The SMILES string of the molecule is Cc1cccc(CCC(=O)c2cncnc2)c1. The molecule has 0 saturated heterocycles. The van der Waals surface area contributed by atoms with Gasteiger partial charge in [-0.25, -0.2) is 9.97 Å². The highest BCUT2D eigenvalue weighted by Gasteiger charge is 2.06. The summed E-state index contributed by atoms with van der Waals surface area (Å²) < 4.78 is 0. The third-order valence-electron chi connectivity index (χ3n) is 2.61. The fraction of sp³-hybridized carbons (Fsp3) is 0.214. The molecule has 0 unspecified atom stereocenters. The standard InChI is InChI=1S/C14H14N2O/c1-11-3-2-4-12(7-11)5-6-14(17)13-8-15-10-16-9-13/h2-4,7-10H,5-6H2,1H3. The number of aryl methyl sites for hydroxylation is 2. The maximum Gasteiger partial charge on any atom is 0.166 e. The highest BCUT2D eigenvalue weighted by Crippen LogP contribution is 2.09. The summed E-state index contributed by atoms with van der Waals surface area (Å²) in [5.41, 5.74) is 2.99. The molecular weight excluding hydrogens is 212 g/mol. The van der Waals surface area contributed by atoms with Crippen LogP contribution in [0.1, 0.15) is 27.9 Å². The summed E-state index contributed by atoms with van der Waals surface area (Å²) in [5.74, 6) is 0.0899. The summed E-state index contributed by atoms with van der Waals surface area (Å²) >= 11 is 0. The van der Waals surface area contributed by atoms with E-state index in [9.17, 15) is 4.79 Å². The van der Waals surface area contributed by atoms with Gasteiger partial charge in [0, 0.05) is 18.8 Å². The highest BCUT2D eigenvalue weighted by atomic mass is 16.1. The van der Waals surface area contributed by atoms with Crippen LogP contribution in [0, 0.1) is 6.92 Å². The Balaban J connectivity index is 1.97. The van der Waals surface area contributed by atoms with Crippen molar-refractivity contribution in [3.8, 4) is 0 Å². The normalized spacial score (nSPS) is 10.2. The van der Waals surface area contributed by atoms with Crippen LogP contribution in [-0.4, -0.2) is 15.8 Å². The quantitative estimate of drug-likeness (QED) is 0.752. The molecule has 0 amide bonds. The van der Waals surface area contributed by atoms with Crippen molar-refractivity contribution in [1.29, 1.82) is 0 Å². The zero-order valence-corrected chi connectivity index (χ0v) is 9.76. The van der Waals surface area contributed by atoms with Crippen LogP contribution in [-0.2, 0) is 6.42 Å². The molecule has 1 aromatic heterocycles. The number of aromatic nitrogens is 2. The summed E-state index contributed by atoms with van der Waals surface area (Å²) in [6.45, 7) is 2.05. The van der Waals surface area contributed by atoms with E-state index >= 15 is 0 Å². The van der Waals surface area contributed by atoms with E-state index in [1.54, 1.807) is 12.4 Å². The number of rotatable bonds is 4. The smallest absolute Gasteiger partial charge is 0.166 e. The summed E-state index contributed by atoms with van der Waals surface area (Å²) in [6.07, 6.45) is 5.81. The van der Waals surface area contributed by atoms with Crippen LogP contribution in [0.2, 0.25) is 0 Å². The van der Waals surface area contributed by atoms with Crippen LogP contribution in [0.5, 0.6) is 0 Å². The Morgan fingerprint density at radius 1 is 1.24 bits per heavy atom. The number of carbonyl (C=O) groups excluding carboxylic acids is 1. The Kier molecular flexibility index (Phi) is 3.60. The third kappa shape index (κ3) is 3.21. The molecule has 17 heavy (non-hydrogen) atoms. The minimum absolute atomic E-state index is 0.0899. The van der Waals surface area contributed by atoms with Gasteiger partial charge in [-0.1, -0.05) is 29.8 Å². The molecule has 86 valence electrons. The number of hydrogen-bond donors (Lipinski definition) is 0. The van der Waals surface area contributed by atoms with E-state index in [2.05, 4.69) is 29.0 Å². The monoisotopic (exact) mass is 226 g/mol. The molecule has 1 heterocycles. The number of benzene rings is 1. The van der Waals surface area contributed by atoms with Gasteiger partial charge in [-0.15, -0.1) is 0 Å². The molecule has 0 spiro atoms. The zero-order chi connectivity index (χ0) is 12.1. The molecule has 3 heteroatoms. The van der Waals surface area contributed by atoms with Crippen molar-refractivity contribution in [2.45, 2.75) is 19.8 Å². The van der Waals surface area contributed by atoms with E-state index in [4.69, 9.17) is 0 Å². The maximum absolute atomic E-state index is 11.8. The van der Waals surface area contributed by atoms with Crippen molar-refractivity contribution >= 4 is 5.78 Å². The van der Waals surface area contributed by atoms with E-state index in [1.807, 2.05) is 12.1 Å². The van der Waals surface area contributed by atoms with Crippen molar-refractivity contribution < 1.29 is 4.79 Å². The van der Waals surface area contributed by atoms with Gasteiger partial charge in [0.2, 0.25) is 0 Å². The van der Waals surface area contributed by atoms with Gasteiger partial charge in [-0.3, -0.25) is 4.79 Å². The van der Waals surface area contributed by atoms with E-state index in [0.717, 1.165) is 6.42 Å². The molecule has 0 aliphatic rings. The summed E-state index contributed by atoms with van der Waals surface area (Å²) in [4.78, 5) is 19.5.